The van der Waals surface area contributed by atoms with Crippen molar-refractivity contribution in [1.82, 2.24) is 0 Å². The van der Waals surface area contributed by atoms with Gasteiger partial charge in [0, 0.05) is 12.1 Å². The third-order valence-corrected chi connectivity index (χ3v) is 2.69. The molecule has 1 heterocycles. The summed E-state index contributed by atoms with van der Waals surface area (Å²) in [4.78, 5) is 10.8. The number of hydrogen-bond acceptors (Lipinski definition) is 3. The van der Waals surface area contributed by atoms with Crippen LogP contribution in [0.1, 0.15) is 17.9 Å². The molecule has 3 N–H and O–H groups in total. The topological polar surface area (TPSA) is 76.5 Å². The van der Waals surface area contributed by atoms with Crippen molar-refractivity contribution in [3.05, 3.63) is 47.6 Å². The minimum atomic E-state index is -1.24. The van der Waals surface area contributed by atoms with Gasteiger partial charge in [-0.1, -0.05) is 18.1 Å². The Labute approximate surface area is 112 Å². The molecule has 1 atom stereocenters. The van der Waals surface area contributed by atoms with Crippen LogP contribution in [0.2, 0.25) is 0 Å². The van der Waals surface area contributed by atoms with Crippen LogP contribution in [0.15, 0.2) is 40.5 Å². The number of hydrogen-bond donors (Lipinski definition) is 2. The molecule has 0 spiro atoms. The van der Waals surface area contributed by atoms with Crippen molar-refractivity contribution in [2.45, 2.75) is 20.3 Å². The van der Waals surface area contributed by atoms with Crippen molar-refractivity contribution in [2.75, 3.05) is 0 Å². The molecule has 0 saturated carbocycles. The first kappa shape index (κ1) is 14.7. The monoisotopic (exact) mass is 259 g/mol. The van der Waals surface area contributed by atoms with Crippen molar-refractivity contribution in [3.8, 4) is 12.3 Å². The Hall–Kier alpha value is -2.41. The molecule has 0 saturated heterocycles. The molecule has 0 aliphatic heterocycles. The maximum Gasteiger partial charge on any atom is 0.326 e. The molecule has 0 radical (unpaired) electrons. The van der Waals surface area contributed by atoms with Gasteiger partial charge in [0.1, 0.15) is 11.5 Å². The molecular weight excluding hydrogens is 242 g/mol. The van der Waals surface area contributed by atoms with Crippen LogP contribution < -0.4 is 5.73 Å². The standard InChI is InChI=1S/C9H9NO2.C6H8O/c1-2-9(8(11)12)5-3-4-7(10)6-9;1-5-3-4-6(2)7-5/h1,3-5H,6,10H2,(H,11,12);3-4H,1-2H3. The number of terminal acetylenes is 1. The Bertz CT molecular complexity index is 544. The third kappa shape index (κ3) is 3.78. The van der Waals surface area contributed by atoms with Gasteiger partial charge in [-0.15, -0.1) is 6.42 Å². The minimum absolute atomic E-state index is 0.190. The number of aliphatic carboxylic acids is 1. The van der Waals surface area contributed by atoms with Crippen molar-refractivity contribution in [1.29, 1.82) is 0 Å². The fourth-order valence-corrected chi connectivity index (χ4v) is 1.64. The van der Waals surface area contributed by atoms with Crippen molar-refractivity contribution in [3.63, 3.8) is 0 Å². The van der Waals surface area contributed by atoms with Gasteiger partial charge in [-0.3, -0.25) is 4.79 Å². The lowest BCUT2D eigenvalue weighted by Gasteiger charge is -2.21. The van der Waals surface area contributed by atoms with E-state index >= 15 is 0 Å². The van der Waals surface area contributed by atoms with Gasteiger partial charge in [0.15, 0.2) is 5.41 Å². The molecule has 19 heavy (non-hydrogen) atoms. The van der Waals surface area contributed by atoms with E-state index in [0.29, 0.717) is 5.70 Å². The number of carboxylic acid groups (broad SMARTS) is 1. The average Bonchev–Trinajstić information content (AvgIpc) is 2.73. The third-order valence-electron chi connectivity index (χ3n) is 2.69. The van der Waals surface area contributed by atoms with E-state index in [-0.39, 0.29) is 6.42 Å². The quantitative estimate of drug-likeness (QED) is 0.759. The first-order valence-corrected chi connectivity index (χ1v) is 5.78. The molecule has 1 aromatic heterocycles. The zero-order valence-electron chi connectivity index (χ0n) is 11.0. The molecule has 1 unspecified atom stereocenters. The van der Waals surface area contributed by atoms with Crippen LogP contribution in [0, 0.1) is 31.6 Å². The first-order valence-electron chi connectivity index (χ1n) is 5.78. The van der Waals surface area contributed by atoms with E-state index in [1.807, 2.05) is 26.0 Å². The fourth-order valence-electron chi connectivity index (χ4n) is 1.64. The molecule has 0 fully saturated rings. The van der Waals surface area contributed by atoms with Crippen LogP contribution in [-0.2, 0) is 4.79 Å². The fraction of sp³-hybridized carbons (Fsp3) is 0.267. The molecular formula is C15H17NO3. The van der Waals surface area contributed by atoms with Gasteiger partial charge in [-0.25, -0.2) is 0 Å². The lowest BCUT2D eigenvalue weighted by Crippen LogP contribution is -2.30. The zero-order valence-corrected chi connectivity index (χ0v) is 11.0. The maximum absolute atomic E-state index is 10.8. The Balaban J connectivity index is 0.000000218. The van der Waals surface area contributed by atoms with E-state index in [4.69, 9.17) is 21.7 Å². The summed E-state index contributed by atoms with van der Waals surface area (Å²) < 4.78 is 5.08. The highest BCUT2D eigenvalue weighted by Crippen LogP contribution is 2.29. The largest absolute Gasteiger partial charge is 0.480 e. The summed E-state index contributed by atoms with van der Waals surface area (Å²) in [5.74, 6) is 3.18. The Kier molecular flexibility index (Phi) is 4.60. The Morgan fingerprint density at radius 3 is 2.32 bits per heavy atom. The normalized spacial score (nSPS) is 20.8. The first-order chi connectivity index (χ1) is 8.89. The van der Waals surface area contributed by atoms with Crippen molar-refractivity contribution >= 4 is 5.97 Å². The summed E-state index contributed by atoms with van der Waals surface area (Å²) in [6, 6.07) is 3.91. The molecule has 0 bridgehead atoms. The predicted molar refractivity (Wildman–Crippen MR) is 73.1 cm³/mol. The molecule has 4 heteroatoms. The van der Waals surface area contributed by atoms with Crippen LogP contribution in [0.4, 0.5) is 0 Å². The SMILES string of the molecule is C#CC1(C(=O)O)C=CC=C(N)C1.Cc1ccc(C)o1. The summed E-state index contributed by atoms with van der Waals surface area (Å²) >= 11 is 0. The van der Waals surface area contributed by atoms with Gasteiger partial charge in [0.05, 0.1) is 0 Å². The maximum atomic E-state index is 10.8. The molecule has 0 aromatic carbocycles. The average molecular weight is 259 g/mol. The predicted octanol–water partition coefficient (Wildman–Crippen LogP) is 2.39. The van der Waals surface area contributed by atoms with Crippen LogP contribution in [0.5, 0.6) is 0 Å². The summed E-state index contributed by atoms with van der Waals surface area (Å²) in [7, 11) is 0. The molecule has 100 valence electrons. The van der Waals surface area contributed by atoms with E-state index in [1.54, 1.807) is 12.2 Å². The highest BCUT2D eigenvalue weighted by molar-refractivity contribution is 5.82. The van der Waals surface area contributed by atoms with E-state index in [0.717, 1.165) is 11.5 Å². The van der Waals surface area contributed by atoms with Gasteiger partial charge in [0.2, 0.25) is 0 Å². The van der Waals surface area contributed by atoms with Crippen LogP contribution in [0.25, 0.3) is 0 Å². The lowest BCUT2D eigenvalue weighted by molar-refractivity contribution is -0.143. The number of nitrogens with two attached hydrogens (primary N) is 1. The second kappa shape index (κ2) is 5.96. The van der Waals surface area contributed by atoms with Crippen LogP contribution >= 0.6 is 0 Å². The zero-order chi connectivity index (χ0) is 14.5. The molecule has 4 nitrogen and oxygen atoms in total. The van der Waals surface area contributed by atoms with Gasteiger partial charge in [-0.05, 0) is 32.1 Å². The number of furan rings is 1. The van der Waals surface area contributed by atoms with Crippen molar-refractivity contribution < 1.29 is 14.3 Å². The Morgan fingerprint density at radius 2 is 2.05 bits per heavy atom. The minimum Gasteiger partial charge on any atom is -0.480 e. The number of carbonyl (C=O) groups is 1. The molecule has 0 amide bonds. The van der Waals surface area contributed by atoms with Gasteiger partial charge in [0.25, 0.3) is 0 Å². The molecule has 2 rings (SSSR count). The number of aryl methyl sites for hydroxylation is 2. The highest BCUT2D eigenvalue weighted by atomic mass is 16.4. The highest BCUT2D eigenvalue weighted by Gasteiger charge is 2.35. The van der Waals surface area contributed by atoms with Gasteiger partial charge >= 0.3 is 5.97 Å². The van der Waals surface area contributed by atoms with E-state index < -0.39 is 11.4 Å². The molecule has 1 aliphatic rings. The summed E-state index contributed by atoms with van der Waals surface area (Å²) in [5.41, 5.74) is 4.74. The van der Waals surface area contributed by atoms with E-state index in [1.165, 1.54) is 6.08 Å². The van der Waals surface area contributed by atoms with Gasteiger partial charge < -0.3 is 15.3 Å². The second-order valence-electron chi connectivity index (χ2n) is 4.36. The van der Waals surface area contributed by atoms with E-state index in [2.05, 4.69) is 5.92 Å². The number of rotatable bonds is 1. The lowest BCUT2D eigenvalue weighted by atomic mass is 9.81. The van der Waals surface area contributed by atoms with Crippen molar-refractivity contribution in [2.24, 2.45) is 11.1 Å². The molecule has 1 aromatic rings. The smallest absolute Gasteiger partial charge is 0.326 e. The number of allylic oxidation sites excluding steroid dienone is 3. The van der Waals surface area contributed by atoms with Crippen LogP contribution in [-0.4, -0.2) is 11.1 Å². The van der Waals surface area contributed by atoms with Gasteiger partial charge in [-0.2, -0.15) is 0 Å². The number of carboxylic acids is 1. The summed E-state index contributed by atoms with van der Waals surface area (Å²) in [6.07, 6.45) is 10.0. The van der Waals surface area contributed by atoms with E-state index in [9.17, 15) is 4.79 Å². The summed E-state index contributed by atoms with van der Waals surface area (Å²) in [5, 5.41) is 8.83. The summed E-state index contributed by atoms with van der Waals surface area (Å²) in [6.45, 7) is 3.88. The molecule has 1 aliphatic carbocycles. The Morgan fingerprint density at radius 1 is 1.47 bits per heavy atom. The van der Waals surface area contributed by atoms with Crippen LogP contribution in [0.3, 0.4) is 0 Å². The second-order valence-corrected chi connectivity index (χ2v) is 4.36.